The van der Waals surface area contributed by atoms with Gasteiger partial charge in [0.2, 0.25) is 5.91 Å². The Morgan fingerprint density at radius 2 is 2.30 bits per heavy atom. The molecule has 0 bridgehead atoms. The van der Waals surface area contributed by atoms with Gasteiger partial charge in [-0.3, -0.25) is 9.59 Å². The third-order valence-electron chi connectivity index (χ3n) is 3.38. The lowest BCUT2D eigenvalue weighted by molar-refractivity contribution is -0.117. The number of nitrogens with zero attached hydrogens (tertiary/aromatic N) is 2. The fraction of sp³-hybridized carbons (Fsp3) is 0.400. The van der Waals surface area contributed by atoms with E-state index in [0.717, 1.165) is 5.56 Å². The first-order chi connectivity index (χ1) is 9.52. The average molecular weight is 288 g/mol. The number of benzene rings is 1. The number of amides is 1. The molecule has 5 heteroatoms. The molecule has 20 heavy (non-hydrogen) atoms. The van der Waals surface area contributed by atoms with Crippen LogP contribution in [0.15, 0.2) is 18.2 Å². The largest absolute Gasteiger partial charge is 0.311 e. The van der Waals surface area contributed by atoms with Crippen molar-refractivity contribution in [3.63, 3.8) is 0 Å². The SMILES string of the molecule is CC(=O)SCC1CC(=O)N(c2cccc(C)c2C#N)C1. The smallest absolute Gasteiger partial charge is 0.227 e. The molecule has 0 aliphatic carbocycles. The van der Waals surface area contributed by atoms with Crippen molar-refractivity contribution in [3.05, 3.63) is 29.3 Å². The lowest BCUT2D eigenvalue weighted by Crippen LogP contribution is -2.25. The molecule has 1 aliphatic heterocycles. The van der Waals surface area contributed by atoms with E-state index < -0.39 is 0 Å². The number of hydrogen-bond donors (Lipinski definition) is 0. The van der Waals surface area contributed by atoms with Crippen LogP contribution in [0.4, 0.5) is 5.69 Å². The molecule has 1 unspecified atom stereocenters. The van der Waals surface area contributed by atoms with Gasteiger partial charge in [0, 0.05) is 25.6 Å². The second kappa shape index (κ2) is 6.10. The van der Waals surface area contributed by atoms with E-state index in [4.69, 9.17) is 0 Å². The van der Waals surface area contributed by atoms with Crippen LogP contribution in [-0.4, -0.2) is 23.3 Å². The van der Waals surface area contributed by atoms with Gasteiger partial charge in [-0.2, -0.15) is 5.26 Å². The number of anilines is 1. The lowest BCUT2D eigenvalue weighted by atomic mass is 10.1. The molecule has 1 fully saturated rings. The first-order valence-corrected chi connectivity index (χ1v) is 7.45. The van der Waals surface area contributed by atoms with Gasteiger partial charge in [-0.05, 0) is 24.5 Å². The number of nitriles is 1. The molecule has 1 saturated heterocycles. The molecular weight excluding hydrogens is 272 g/mol. The summed E-state index contributed by atoms with van der Waals surface area (Å²) in [7, 11) is 0. The van der Waals surface area contributed by atoms with Crippen molar-refractivity contribution in [3.8, 4) is 6.07 Å². The Kier molecular flexibility index (Phi) is 4.46. The van der Waals surface area contributed by atoms with Crippen molar-refractivity contribution in [2.75, 3.05) is 17.2 Å². The van der Waals surface area contributed by atoms with Crippen molar-refractivity contribution >= 4 is 28.5 Å². The third kappa shape index (κ3) is 3.02. The summed E-state index contributed by atoms with van der Waals surface area (Å²) in [5.41, 5.74) is 2.12. The maximum Gasteiger partial charge on any atom is 0.227 e. The summed E-state index contributed by atoms with van der Waals surface area (Å²) >= 11 is 1.26. The maximum absolute atomic E-state index is 12.1. The topological polar surface area (TPSA) is 61.2 Å². The van der Waals surface area contributed by atoms with E-state index >= 15 is 0 Å². The molecule has 0 saturated carbocycles. The minimum absolute atomic E-state index is 0.0289. The number of carbonyl (C=O) groups is 2. The lowest BCUT2D eigenvalue weighted by Gasteiger charge is -2.19. The molecule has 2 rings (SSSR count). The number of hydrogen-bond acceptors (Lipinski definition) is 4. The summed E-state index contributed by atoms with van der Waals surface area (Å²) < 4.78 is 0. The summed E-state index contributed by atoms with van der Waals surface area (Å²) in [5.74, 6) is 0.857. The maximum atomic E-state index is 12.1. The first-order valence-electron chi connectivity index (χ1n) is 6.46. The van der Waals surface area contributed by atoms with Gasteiger partial charge in [-0.1, -0.05) is 23.9 Å². The monoisotopic (exact) mass is 288 g/mol. The van der Waals surface area contributed by atoms with Gasteiger partial charge in [-0.25, -0.2) is 0 Å². The second-order valence-electron chi connectivity index (χ2n) is 4.96. The molecule has 1 aromatic carbocycles. The fourth-order valence-electron chi connectivity index (χ4n) is 2.38. The normalized spacial score (nSPS) is 18.1. The van der Waals surface area contributed by atoms with Gasteiger partial charge < -0.3 is 4.90 Å². The van der Waals surface area contributed by atoms with E-state index in [1.807, 2.05) is 25.1 Å². The van der Waals surface area contributed by atoms with Crippen LogP contribution in [0.5, 0.6) is 0 Å². The first kappa shape index (κ1) is 14.6. The number of rotatable bonds is 3. The number of aryl methyl sites for hydroxylation is 1. The van der Waals surface area contributed by atoms with E-state index in [0.29, 0.717) is 30.0 Å². The zero-order valence-corrected chi connectivity index (χ0v) is 12.4. The quantitative estimate of drug-likeness (QED) is 0.857. The van der Waals surface area contributed by atoms with Crippen molar-refractivity contribution in [2.45, 2.75) is 20.3 Å². The third-order valence-corrected chi connectivity index (χ3v) is 4.43. The Bertz CT molecular complexity index is 592. The van der Waals surface area contributed by atoms with Gasteiger partial charge in [0.1, 0.15) is 6.07 Å². The highest BCUT2D eigenvalue weighted by atomic mass is 32.2. The van der Waals surface area contributed by atoms with Crippen LogP contribution in [0, 0.1) is 24.2 Å². The summed E-state index contributed by atoms with van der Waals surface area (Å²) in [4.78, 5) is 24.8. The van der Waals surface area contributed by atoms with Crippen LogP contribution in [0.25, 0.3) is 0 Å². The molecule has 0 N–H and O–H groups in total. The predicted octanol–water partition coefficient (Wildman–Crippen LogP) is 2.50. The highest BCUT2D eigenvalue weighted by Crippen LogP contribution is 2.30. The number of thioether (sulfide) groups is 1. The zero-order chi connectivity index (χ0) is 14.7. The molecule has 1 aliphatic rings. The zero-order valence-electron chi connectivity index (χ0n) is 11.5. The molecule has 0 aromatic heterocycles. The molecule has 1 atom stereocenters. The summed E-state index contributed by atoms with van der Waals surface area (Å²) in [6, 6.07) is 7.71. The predicted molar refractivity (Wildman–Crippen MR) is 79.5 cm³/mol. The van der Waals surface area contributed by atoms with Gasteiger partial charge in [0.15, 0.2) is 5.12 Å². The van der Waals surface area contributed by atoms with E-state index in [1.165, 1.54) is 18.7 Å². The van der Waals surface area contributed by atoms with Gasteiger partial charge >= 0.3 is 0 Å². The molecule has 104 valence electrons. The highest BCUT2D eigenvalue weighted by molar-refractivity contribution is 8.13. The van der Waals surface area contributed by atoms with Gasteiger partial charge in [-0.15, -0.1) is 0 Å². The minimum Gasteiger partial charge on any atom is -0.311 e. The molecule has 1 heterocycles. The van der Waals surface area contributed by atoms with Crippen LogP contribution in [0.2, 0.25) is 0 Å². The summed E-state index contributed by atoms with van der Waals surface area (Å²) in [5, 5.41) is 9.32. The minimum atomic E-state index is 0.0289. The molecule has 4 nitrogen and oxygen atoms in total. The van der Waals surface area contributed by atoms with Crippen molar-refractivity contribution in [1.82, 2.24) is 0 Å². The molecule has 1 amide bonds. The number of carbonyl (C=O) groups excluding carboxylic acids is 2. The fourth-order valence-corrected chi connectivity index (χ4v) is 3.08. The van der Waals surface area contributed by atoms with E-state index in [1.54, 1.807) is 4.90 Å². The van der Waals surface area contributed by atoms with Crippen LogP contribution in [-0.2, 0) is 9.59 Å². The van der Waals surface area contributed by atoms with Crippen LogP contribution < -0.4 is 4.90 Å². The molecular formula is C15H16N2O2S. The average Bonchev–Trinajstić information content (AvgIpc) is 2.77. The van der Waals surface area contributed by atoms with Crippen molar-refractivity contribution < 1.29 is 9.59 Å². The van der Waals surface area contributed by atoms with E-state index in [2.05, 4.69) is 6.07 Å². The Morgan fingerprint density at radius 1 is 1.55 bits per heavy atom. The molecule has 1 aromatic rings. The van der Waals surface area contributed by atoms with Crippen molar-refractivity contribution in [2.24, 2.45) is 5.92 Å². The Morgan fingerprint density at radius 3 is 2.95 bits per heavy atom. The van der Waals surface area contributed by atoms with Gasteiger partial charge in [0.25, 0.3) is 0 Å². The van der Waals surface area contributed by atoms with E-state index in [-0.39, 0.29) is 16.9 Å². The Hall–Kier alpha value is -1.80. The van der Waals surface area contributed by atoms with Crippen molar-refractivity contribution in [1.29, 1.82) is 5.26 Å². The van der Waals surface area contributed by atoms with Crippen LogP contribution in [0.1, 0.15) is 24.5 Å². The Balaban J connectivity index is 2.18. The Labute approximate surface area is 122 Å². The van der Waals surface area contributed by atoms with Crippen LogP contribution in [0.3, 0.4) is 0 Å². The van der Waals surface area contributed by atoms with E-state index in [9.17, 15) is 14.9 Å². The summed E-state index contributed by atoms with van der Waals surface area (Å²) in [6.45, 7) is 3.98. The standard InChI is InChI=1S/C15H16N2O2S/c1-10-4-3-5-14(13(10)7-16)17-8-12(6-15(17)19)9-20-11(2)18/h3-5,12H,6,8-9H2,1-2H3. The summed E-state index contributed by atoms with van der Waals surface area (Å²) in [6.07, 6.45) is 0.444. The molecule has 0 spiro atoms. The molecule has 0 radical (unpaired) electrons. The highest BCUT2D eigenvalue weighted by Gasteiger charge is 2.32. The second-order valence-corrected chi connectivity index (χ2v) is 6.15. The van der Waals surface area contributed by atoms with Crippen LogP contribution >= 0.6 is 11.8 Å². The van der Waals surface area contributed by atoms with Gasteiger partial charge in [0.05, 0.1) is 11.3 Å².